The standard InChI is InChI=1S/C10H14N2O2S/c13-10(14)8-2-3-9(15-8)12-6-1-4-11-5-7-12/h2-3,11H,1,4-7H2,(H,13,14). The maximum Gasteiger partial charge on any atom is 0.345 e. The number of aromatic carboxylic acids is 1. The maximum absolute atomic E-state index is 10.7. The second kappa shape index (κ2) is 4.63. The number of hydrogen-bond donors (Lipinski definition) is 2. The summed E-state index contributed by atoms with van der Waals surface area (Å²) in [5.41, 5.74) is 0. The van der Waals surface area contributed by atoms with Gasteiger partial charge in [-0.1, -0.05) is 0 Å². The number of carboxylic acid groups (broad SMARTS) is 1. The average molecular weight is 226 g/mol. The minimum Gasteiger partial charge on any atom is -0.477 e. The Labute approximate surface area is 92.5 Å². The first-order valence-corrected chi connectivity index (χ1v) is 5.88. The van der Waals surface area contributed by atoms with Crippen molar-refractivity contribution in [1.29, 1.82) is 0 Å². The zero-order valence-corrected chi connectivity index (χ0v) is 9.22. The van der Waals surface area contributed by atoms with Gasteiger partial charge in [0.05, 0.1) is 5.00 Å². The third-order valence-electron chi connectivity index (χ3n) is 2.45. The van der Waals surface area contributed by atoms with Crippen molar-refractivity contribution in [1.82, 2.24) is 5.32 Å². The Balaban J connectivity index is 2.10. The molecule has 1 aliphatic rings. The molecule has 2 rings (SSSR count). The van der Waals surface area contributed by atoms with Gasteiger partial charge in [-0.3, -0.25) is 0 Å². The molecule has 0 spiro atoms. The van der Waals surface area contributed by atoms with Gasteiger partial charge in [-0.25, -0.2) is 4.79 Å². The van der Waals surface area contributed by atoms with Crippen molar-refractivity contribution in [2.45, 2.75) is 6.42 Å². The van der Waals surface area contributed by atoms with Crippen LogP contribution in [0.3, 0.4) is 0 Å². The van der Waals surface area contributed by atoms with Crippen LogP contribution in [-0.4, -0.2) is 37.3 Å². The summed E-state index contributed by atoms with van der Waals surface area (Å²) in [4.78, 5) is 13.4. The van der Waals surface area contributed by atoms with Gasteiger partial charge in [0.1, 0.15) is 4.88 Å². The minimum absolute atomic E-state index is 0.419. The molecule has 0 aromatic carbocycles. The van der Waals surface area contributed by atoms with Crippen LogP contribution in [0.25, 0.3) is 0 Å². The Hall–Kier alpha value is -1.07. The molecule has 0 atom stereocenters. The number of carboxylic acids is 1. The molecular formula is C10H14N2O2S. The number of anilines is 1. The molecule has 15 heavy (non-hydrogen) atoms. The molecule has 0 unspecified atom stereocenters. The fraction of sp³-hybridized carbons (Fsp3) is 0.500. The third kappa shape index (κ3) is 2.49. The molecule has 1 aromatic rings. The van der Waals surface area contributed by atoms with E-state index in [2.05, 4.69) is 10.2 Å². The number of nitrogens with one attached hydrogen (secondary N) is 1. The Morgan fingerprint density at radius 2 is 2.27 bits per heavy atom. The van der Waals surface area contributed by atoms with E-state index in [9.17, 15) is 4.79 Å². The van der Waals surface area contributed by atoms with Crippen LogP contribution in [0.1, 0.15) is 16.1 Å². The van der Waals surface area contributed by atoms with E-state index in [1.807, 2.05) is 6.07 Å². The number of thiophene rings is 1. The number of carbonyl (C=O) groups is 1. The second-order valence-corrected chi connectivity index (χ2v) is 4.60. The van der Waals surface area contributed by atoms with Crippen molar-refractivity contribution in [3.63, 3.8) is 0 Å². The topological polar surface area (TPSA) is 52.6 Å². The Morgan fingerprint density at radius 3 is 3.00 bits per heavy atom. The van der Waals surface area contributed by atoms with Crippen LogP contribution in [0.4, 0.5) is 5.00 Å². The van der Waals surface area contributed by atoms with Crippen molar-refractivity contribution >= 4 is 22.3 Å². The van der Waals surface area contributed by atoms with E-state index in [1.54, 1.807) is 6.07 Å². The molecular weight excluding hydrogens is 212 g/mol. The van der Waals surface area contributed by atoms with E-state index in [4.69, 9.17) is 5.11 Å². The molecule has 1 saturated heterocycles. The van der Waals surface area contributed by atoms with E-state index in [0.717, 1.165) is 37.6 Å². The van der Waals surface area contributed by atoms with E-state index < -0.39 is 5.97 Å². The van der Waals surface area contributed by atoms with Crippen molar-refractivity contribution in [2.75, 3.05) is 31.1 Å². The first-order valence-electron chi connectivity index (χ1n) is 5.06. The highest BCUT2D eigenvalue weighted by atomic mass is 32.1. The number of rotatable bonds is 2. The van der Waals surface area contributed by atoms with Gasteiger partial charge in [-0.05, 0) is 25.1 Å². The molecule has 1 aromatic heterocycles. The summed E-state index contributed by atoms with van der Waals surface area (Å²) < 4.78 is 0. The summed E-state index contributed by atoms with van der Waals surface area (Å²) in [5.74, 6) is -0.834. The van der Waals surface area contributed by atoms with E-state index in [-0.39, 0.29) is 0 Å². The van der Waals surface area contributed by atoms with Crippen LogP contribution in [0.15, 0.2) is 12.1 Å². The minimum atomic E-state index is -0.834. The fourth-order valence-electron chi connectivity index (χ4n) is 1.68. The summed E-state index contributed by atoms with van der Waals surface area (Å²) in [7, 11) is 0. The summed E-state index contributed by atoms with van der Waals surface area (Å²) in [6.07, 6.45) is 1.11. The molecule has 0 saturated carbocycles. The second-order valence-electron chi connectivity index (χ2n) is 3.53. The molecule has 0 bridgehead atoms. The molecule has 0 amide bonds. The van der Waals surface area contributed by atoms with Gasteiger partial charge in [0, 0.05) is 19.6 Å². The first kappa shape index (κ1) is 10.4. The summed E-state index contributed by atoms with van der Waals surface area (Å²) in [5, 5.41) is 13.2. The van der Waals surface area contributed by atoms with Crippen molar-refractivity contribution in [3.05, 3.63) is 17.0 Å². The van der Waals surface area contributed by atoms with Crippen LogP contribution >= 0.6 is 11.3 Å². The van der Waals surface area contributed by atoms with E-state index in [1.165, 1.54) is 11.3 Å². The van der Waals surface area contributed by atoms with Crippen molar-refractivity contribution in [3.8, 4) is 0 Å². The summed E-state index contributed by atoms with van der Waals surface area (Å²) in [6.45, 7) is 3.99. The van der Waals surface area contributed by atoms with Gasteiger partial charge in [0.2, 0.25) is 0 Å². The highest BCUT2D eigenvalue weighted by Crippen LogP contribution is 2.26. The van der Waals surface area contributed by atoms with Crippen LogP contribution < -0.4 is 10.2 Å². The lowest BCUT2D eigenvalue weighted by molar-refractivity contribution is 0.0702. The third-order valence-corrected chi connectivity index (χ3v) is 3.59. The molecule has 5 heteroatoms. The Kier molecular flexibility index (Phi) is 3.23. The highest BCUT2D eigenvalue weighted by Gasteiger charge is 2.13. The monoisotopic (exact) mass is 226 g/mol. The van der Waals surface area contributed by atoms with E-state index in [0.29, 0.717) is 4.88 Å². The Morgan fingerprint density at radius 1 is 1.40 bits per heavy atom. The van der Waals surface area contributed by atoms with Gasteiger partial charge < -0.3 is 15.3 Å². The highest BCUT2D eigenvalue weighted by molar-refractivity contribution is 7.17. The van der Waals surface area contributed by atoms with Gasteiger partial charge >= 0.3 is 5.97 Å². The van der Waals surface area contributed by atoms with Gasteiger partial charge in [-0.15, -0.1) is 11.3 Å². The zero-order chi connectivity index (χ0) is 10.7. The summed E-state index contributed by atoms with van der Waals surface area (Å²) >= 11 is 1.36. The van der Waals surface area contributed by atoms with Crippen LogP contribution in [0, 0.1) is 0 Å². The van der Waals surface area contributed by atoms with Crippen LogP contribution in [0.2, 0.25) is 0 Å². The molecule has 82 valence electrons. The normalized spacial score (nSPS) is 17.5. The first-order chi connectivity index (χ1) is 7.27. The fourth-order valence-corrected chi connectivity index (χ4v) is 2.58. The maximum atomic E-state index is 10.7. The lowest BCUT2D eigenvalue weighted by atomic mass is 10.4. The van der Waals surface area contributed by atoms with Gasteiger partial charge in [0.25, 0.3) is 0 Å². The summed E-state index contributed by atoms with van der Waals surface area (Å²) in [6, 6.07) is 3.58. The lowest BCUT2D eigenvalue weighted by Gasteiger charge is -2.19. The molecule has 1 fully saturated rings. The zero-order valence-electron chi connectivity index (χ0n) is 8.40. The number of hydrogen-bond acceptors (Lipinski definition) is 4. The molecule has 0 aliphatic carbocycles. The van der Waals surface area contributed by atoms with Crippen molar-refractivity contribution in [2.24, 2.45) is 0 Å². The number of nitrogens with zero attached hydrogens (tertiary/aromatic N) is 1. The lowest BCUT2D eigenvalue weighted by Crippen LogP contribution is -2.26. The predicted octanol–water partition coefficient (Wildman–Crippen LogP) is 1.25. The van der Waals surface area contributed by atoms with Crippen LogP contribution in [-0.2, 0) is 0 Å². The van der Waals surface area contributed by atoms with Gasteiger partial charge in [-0.2, -0.15) is 0 Å². The molecule has 2 N–H and O–H groups in total. The van der Waals surface area contributed by atoms with Crippen LogP contribution in [0.5, 0.6) is 0 Å². The largest absolute Gasteiger partial charge is 0.477 e. The van der Waals surface area contributed by atoms with Gasteiger partial charge in [0.15, 0.2) is 0 Å². The Bertz CT molecular complexity index is 343. The SMILES string of the molecule is O=C(O)c1ccc(N2CCCNCC2)s1. The molecule has 4 nitrogen and oxygen atoms in total. The van der Waals surface area contributed by atoms with Crippen molar-refractivity contribution < 1.29 is 9.90 Å². The van der Waals surface area contributed by atoms with E-state index >= 15 is 0 Å². The average Bonchev–Trinajstić information content (AvgIpc) is 2.55. The molecule has 1 aliphatic heterocycles. The molecule has 2 heterocycles. The smallest absolute Gasteiger partial charge is 0.345 e. The predicted molar refractivity (Wildman–Crippen MR) is 61.0 cm³/mol. The quantitative estimate of drug-likeness (QED) is 0.797. The molecule has 0 radical (unpaired) electrons.